The molecular formula is C21H26FN3O3. The fraction of sp³-hybridized carbons (Fsp3) is 0.429. The summed E-state index contributed by atoms with van der Waals surface area (Å²) in [5.74, 6) is -0.682. The van der Waals surface area contributed by atoms with Crippen molar-refractivity contribution >= 4 is 17.4 Å². The van der Waals surface area contributed by atoms with E-state index in [1.807, 2.05) is 0 Å². The molecule has 2 heterocycles. The number of anilines is 1. The van der Waals surface area contributed by atoms with Crippen molar-refractivity contribution in [2.75, 3.05) is 44.2 Å². The van der Waals surface area contributed by atoms with Crippen LogP contribution < -0.4 is 4.90 Å². The molecule has 0 unspecified atom stereocenters. The van der Waals surface area contributed by atoms with Crippen LogP contribution in [0, 0.1) is 19.7 Å². The summed E-state index contributed by atoms with van der Waals surface area (Å²) in [4.78, 5) is 32.2. The van der Waals surface area contributed by atoms with E-state index >= 15 is 0 Å². The number of ether oxygens (including phenoxy) is 1. The molecule has 2 aromatic rings. The van der Waals surface area contributed by atoms with Crippen molar-refractivity contribution in [2.45, 2.75) is 20.8 Å². The highest BCUT2D eigenvalue weighted by atomic mass is 19.1. The van der Waals surface area contributed by atoms with E-state index < -0.39 is 5.97 Å². The molecule has 1 fully saturated rings. The van der Waals surface area contributed by atoms with Crippen LogP contribution in [0.5, 0.6) is 0 Å². The fourth-order valence-corrected chi connectivity index (χ4v) is 3.64. The zero-order chi connectivity index (χ0) is 20.3. The number of esters is 1. The minimum absolute atomic E-state index is 0.0358. The molecule has 6 nitrogen and oxygen atoms in total. The zero-order valence-electron chi connectivity index (χ0n) is 16.5. The van der Waals surface area contributed by atoms with Gasteiger partial charge in [0.05, 0.1) is 24.4 Å². The number of aromatic nitrogens is 1. The number of halogens is 1. The lowest BCUT2D eigenvalue weighted by atomic mass is 10.1. The molecule has 0 saturated carbocycles. The van der Waals surface area contributed by atoms with Gasteiger partial charge in [0.25, 0.3) is 0 Å². The number of piperazine rings is 1. The first-order valence-electron chi connectivity index (χ1n) is 9.53. The topological polar surface area (TPSA) is 65.6 Å². The lowest BCUT2D eigenvalue weighted by molar-refractivity contribution is 0.0525. The maximum absolute atomic E-state index is 13.1. The number of Topliss-reactive ketones (excluding diaryl/α,β-unsaturated/α-hetero) is 1. The number of aromatic amines is 1. The van der Waals surface area contributed by atoms with Gasteiger partial charge in [-0.1, -0.05) is 0 Å². The average molecular weight is 387 g/mol. The SMILES string of the molecule is CCOC(=O)c1c(C)[nH]c(C(=O)CN2CCN(c3ccc(F)cc3)CC2)c1C. The Hall–Kier alpha value is -2.67. The largest absolute Gasteiger partial charge is 0.462 e. The molecule has 28 heavy (non-hydrogen) atoms. The first kappa shape index (κ1) is 20.1. The Kier molecular flexibility index (Phi) is 6.14. The van der Waals surface area contributed by atoms with E-state index in [4.69, 9.17) is 4.74 Å². The molecule has 1 N–H and O–H groups in total. The second-order valence-electron chi connectivity index (χ2n) is 7.01. The van der Waals surface area contributed by atoms with E-state index in [1.165, 1.54) is 12.1 Å². The van der Waals surface area contributed by atoms with Crippen LogP contribution in [0.4, 0.5) is 10.1 Å². The Morgan fingerprint density at radius 2 is 1.75 bits per heavy atom. The molecule has 3 rings (SSSR count). The summed E-state index contributed by atoms with van der Waals surface area (Å²) in [6.07, 6.45) is 0. The predicted molar refractivity (Wildman–Crippen MR) is 106 cm³/mol. The highest BCUT2D eigenvalue weighted by Crippen LogP contribution is 2.21. The van der Waals surface area contributed by atoms with E-state index in [0.717, 1.165) is 31.9 Å². The summed E-state index contributed by atoms with van der Waals surface area (Å²) >= 11 is 0. The van der Waals surface area contributed by atoms with Gasteiger partial charge in [-0.25, -0.2) is 9.18 Å². The number of benzene rings is 1. The smallest absolute Gasteiger partial charge is 0.340 e. The molecule has 0 amide bonds. The summed E-state index contributed by atoms with van der Waals surface area (Å²) in [5.41, 5.74) is 3.21. The molecule has 1 aliphatic heterocycles. The highest BCUT2D eigenvalue weighted by Gasteiger charge is 2.25. The fourth-order valence-electron chi connectivity index (χ4n) is 3.64. The van der Waals surface area contributed by atoms with Crippen LogP contribution in [0.2, 0.25) is 0 Å². The monoisotopic (exact) mass is 387 g/mol. The summed E-state index contributed by atoms with van der Waals surface area (Å²) in [5, 5.41) is 0. The average Bonchev–Trinajstić information content (AvgIpc) is 2.97. The molecule has 1 saturated heterocycles. The number of aryl methyl sites for hydroxylation is 1. The minimum Gasteiger partial charge on any atom is -0.462 e. The van der Waals surface area contributed by atoms with E-state index in [1.54, 1.807) is 32.9 Å². The number of ketones is 1. The Labute approximate surface area is 164 Å². The second-order valence-corrected chi connectivity index (χ2v) is 7.01. The van der Waals surface area contributed by atoms with Crippen LogP contribution in [0.15, 0.2) is 24.3 Å². The molecule has 7 heteroatoms. The lowest BCUT2D eigenvalue weighted by Gasteiger charge is -2.35. The Morgan fingerprint density at radius 1 is 1.11 bits per heavy atom. The molecule has 0 spiro atoms. The first-order valence-corrected chi connectivity index (χ1v) is 9.53. The van der Waals surface area contributed by atoms with Gasteiger partial charge in [0.15, 0.2) is 5.78 Å². The normalized spacial score (nSPS) is 14.9. The molecule has 0 radical (unpaired) electrons. The van der Waals surface area contributed by atoms with Crippen molar-refractivity contribution < 1.29 is 18.7 Å². The maximum atomic E-state index is 13.1. The number of hydrogen-bond donors (Lipinski definition) is 1. The van der Waals surface area contributed by atoms with Crippen molar-refractivity contribution in [1.82, 2.24) is 9.88 Å². The van der Waals surface area contributed by atoms with Crippen LogP contribution in [0.3, 0.4) is 0 Å². The molecule has 1 aromatic heterocycles. The number of nitrogens with one attached hydrogen (secondary N) is 1. The van der Waals surface area contributed by atoms with Gasteiger partial charge in [-0.2, -0.15) is 0 Å². The van der Waals surface area contributed by atoms with Crippen LogP contribution >= 0.6 is 0 Å². The van der Waals surface area contributed by atoms with Gasteiger partial charge in [0.1, 0.15) is 5.82 Å². The summed E-state index contributed by atoms with van der Waals surface area (Å²) < 4.78 is 18.2. The molecule has 1 aliphatic rings. The van der Waals surface area contributed by atoms with Gasteiger partial charge in [0.2, 0.25) is 0 Å². The van der Waals surface area contributed by atoms with E-state index in [9.17, 15) is 14.0 Å². The Morgan fingerprint density at radius 3 is 2.36 bits per heavy atom. The molecule has 150 valence electrons. The lowest BCUT2D eigenvalue weighted by Crippen LogP contribution is -2.48. The van der Waals surface area contributed by atoms with Crippen molar-refractivity contribution in [3.05, 3.63) is 52.6 Å². The van der Waals surface area contributed by atoms with Crippen LogP contribution in [0.1, 0.15) is 39.0 Å². The minimum atomic E-state index is -0.402. The quantitative estimate of drug-likeness (QED) is 0.610. The van der Waals surface area contributed by atoms with Crippen LogP contribution in [-0.2, 0) is 4.74 Å². The van der Waals surface area contributed by atoms with Crippen LogP contribution in [0.25, 0.3) is 0 Å². The maximum Gasteiger partial charge on any atom is 0.340 e. The summed E-state index contributed by atoms with van der Waals surface area (Å²) in [7, 11) is 0. The molecule has 0 atom stereocenters. The number of rotatable bonds is 6. The van der Waals surface area contributed by atoms with Gasteiger partial charge in [-0.15, -0.1) is 0 Å². The number of carbonyl (C=O) groups is 2. The van der Waals surface area contributed by atoms with E-state index in [-0.39, 0.29) is 11.6 Å². The molecular weight excluding hydrogens is 361 g/mol. The van der Waals surface area contributed by atoms with Crippen molar-refractivity contribution in [1.29, 1.82) is 0 Å². The van der Waals surface area contributed by atoms with Gasteiger partial charge >= 0.3 is 5.97 Å². The number of H-pyrrole nitrogens is 1. The summed E-state index contributed by atoms with van der Waals surface area (Å²) in [6, 6.07) is 6.47. The van der Waals surface area contributed by atoms with Crippen molar-refractivity contribution in [2.24, 2.45) is 0 Å². The number of carbonyl (C=O) groups excluding carboxylic acids is 2. The number of hydrogen-bond acceptors (Lipinski definition) is 5. The molecule has 1 aromatic carbocycles. The van der Waals surface area contributed by atoms with Gasteiger partial charge in [0, 0.05) is 37.6 Å². The van der Waals surface area contributed by atoms with Gasteiger partial charge < -0.3 is 14.6 Å². The molecule has 0 aliphatic carbocycles. The summed E-state index contributed by atoms with van der Waals surface area (Å²) in [6.45, 7) is 8.93. The first-order chi connectivity index (χ1) is 13.4. The van der Waals surface area contributed by atoms with Gasteiger partial charge in [-0.3, -0.25) is 9.69 Å². The zero-order valence-corrected chi connectivity index (χ0v) is 16.5. The third-order valence-corrected chi connectivity index (χ3v) is 5.13. The Bertz CT molecular complexity index is 853. The predicted octanol–water partition coefficient (Wildman–Crippen LogP) is 2.95. The highest BCUT2D eigenvalue weighted by molar-refractivity contribution is 6.02. The third kappa shape index (κ3) is 4.25. The van der Waals surface area contributed by atoms with Crippen molar-refractivity contribution in [3.8, 4) is 0 Å². The number of nitrogens with zero attached hydrogens (tertiary/aromatic N) is 2. The van der Waals surface area contributed by atoms with E-state index in [2.05, 4.69) is 14.8 Å². The van der Waals surface area contributed by atoms with Crippen LogP contribution in [-0.4, -0.2) is 61.0 Å². The van der Waals surface area contributed by atoms with E-state index in [0.29, 0.717) is 35.7 Å². The third-order valence-electron chi connectivity index (χ3n) is 5.13. The second kappa shape index (κ2) is 8.56. The van der Waals surface area contributed by atoms with Crippen molar-refractivity contribution in [3.63, 3.8) is 0 Å². The standard InChI is InChI=1S/C21H26FN3O3/c1-4-28-21(27)19-14(2)20(23-15(19)3)18(26)13-24-9-11-25(12-10-24)17-7-5-16(22)6-8-17/h5-8,23H,4,9-13H2,1-3H3. The van der Waals surface area contributed by atoms with Gasteiger partial charge in [-0.05, 0) is 50.6 Å². The Balaban J connectivity index is 1.61. The molecule has 0 bridgehead atoms.